The summed E-state index contributed by atoms with van der Waals surface area (Å²) in [6.07, 6.45) is 2.99. The van der Waals surface area contributed by atoms with Crippen molar-refractivity contribution in [3.8, 4) is 0 Å². The second-order valence-corrected chi connectivity index (χ2v) is 7.95. The van der Waals surface area contributed by atoms with Gasteiger partial charge < -0.3 is 10.4 Å². The summed E-state index contributed by atoms with van der Waals surface area (Å²) in [7, 11) is -3.54. The monoisotopic (exact) mass is 343 g/mol. The molecule has 0 spiro atoms. The molecule has 0 unspecified atom stereocenters. The lowest BCUT2D eigenvalue weighted by molar-refractivity contribution is -0.150. The van der Waals surface area contributed by atoms with Gasteiger partial charge in [0.05, 0.1) is 16.0 Å². The lowest BCUT2D eigenvalue weighted by Crippen LogP contribution is -2.32. The van der Waals surface area contributed by atoms with Crippen LogP contribution in [0.4, 0.5) is 10.1 Å². The molecule has 126 valence electrons. The molecule has 0 saturated heterocycles. The minimum Gasteiger partial charge on any atom is -0.481 e. The van der Waals surface area contributed by atoms with Crippen molar-refractivity contribution in [3.63, 3.8) is 0 Å². The minimum absolute atomic E-state index is 0.122. The highest BCUT2D eigenvalue weighted by Gasteiger charge is 2.43. The van der Waals surface area contributed by atoms with E-state index in [0.717, 1.165) is 37.3 Å². The molecule has 2 N–H and O–H groups in total. The van der Waals surface area contributed by atoms with Crippen LogP contribution in [0.1, 0.15) is 32.1 Å². The molecule has 1 amide bonds. The number of nitrogens with one attached hydrogen (secondary N) is 1. The molecule has 8 heteroatoms. The largest absolute Gasteiger partial charge is 0.481 e. The zero-order valence-corrected chi connectivity index (χ0v) is 13.5. The molecular weight excluding hydrogens is 325 g/mol. The van der Waals surface area contributed by atoms with Gasteiger partial charge in [-0.1, -0.05) is 12.8 Å². The highest BCUT2D eigenvalue weighted by molar-refractivity contribution is 7.90. The van der Waals surface area contributed by atoms with Crippen molar-refractivity contribution in [1.82, 2.24) is 0 Å². The first-order valence-electron chi connectivity index (χ1n) is 7.17. The van der Waals surface area contributed by atoms with Gasteiger partial charge in [-0.2, -0.15) is 0 Å². The van der Waals surface area contributed by atoms with Crippen LogP contribution in [-0.4, -0.2) is 31.7 Å². The van der Waals surface area contributed by atoms with Crippen molar-refractivity contribution in [1.29, 1.82) is 0 Å². The number of anilines is 1. The third-order valence-corrected chi connectivity index (χ3v) is 5.26. The third-order valence-electron chi connectivity index (χ3n) is 4.15. The first-order chi connectivity index (χ1) is 10.6. The number of aliphatic carboxylic acids is 1. The van der Waals surface area contributed by atoms with Crippen molar-refractivity contribution in [2.24, 2.45) is 5.41 Å². The molecule has 0 bridgehead atoms. The number of hydrogen-bond donors (Lipinski definition) is 2. The second kappa shape index (κ2) is 6.27. The highest BCUT2D eigenvalue weighted by atomic mass is 32.2. The van der Waals surface area contributed by atoms with Gasteiger partial charge in [0, 0.05) is 12.7 Å². The Morgan fingerprint density at radius 1 is 1.30 bits per heavy atom. The van der Waals surface area contributed by atoms with Crippen LogP contribution >= 0.6 is 0 Å². The predicted octanol–water partition coefficient (Wildman–Crippen LogP) is 2.20. The summed E-state index contributed by atoms with van der Waals surface area (Å²) in [4.78, 5) is 23.4. The topological polar surface area (TPSA) is 101 Å². The van der Waals surface area contributed by atoms with Crippen LogP contribution in [0, 0.1) is 11.2 Å². The normalized spacial score (nSPS) is 17.0. The second-order valence-electron chi connectivity index (χ2n) is 5.93. The maximum Gasteiger partial charge on any atom is 0.310 e. The van der Waals surface area contributed by atoms with Gasteiger partial charge in [0.1, 0.15) is 5.82 Å². The molecule has 0 radical (unpaired) electrons. The predicted molar refractivity (Wildman–Crippen MR) is 81.3 cm³/mol. The Balaban J connectivity index is 2.19. The Morgan fingerprint density at radius 2 is 1.91 bits per heavy atom. The number of carbonyl (C=O) groups is 2. The van der Waals surface area contributed by atoms with Gasteiger partial charge in [-0.05, 0) is 31.0 Å². The van der Waals surface area contributed by atoms with E-state index in [2.05, 4.69) is 5.32 Å². The molecule has 1 aliphatic carbocycles. The third kappa shape index (κ3) is 3.87. The van der Waals surface area contributed by atoms with Gasteiger partial charge >= 0.3 is 5.97 Å². The van der Waals surface area contributed by atoms with E-state index in [1.54, 1.807) is 0 Å². The Morgan fingerprint density at radius 3 is 2.43 bits per heavy atom. The fourth-order valence-electron chi connectivity index (χ4n) is 2.85. The molecule has 6 nitrogen and oxygen atoms in total. The summed E-state index contributed by atoms with van der Waals surface area (Å²) >= 11 is 0. The van der Waals surface area contributed by atoms with Gasteiger partial charge in [-0.3, -0.25) is 9.59 Å². The molecule has 0 aromatic heterocycles. The van der Waals surface area contributed by atoms with Crippen LogP contribution in [-0.2, 0) is 19.4 Å². The zero-order valence-electron chi connectivity index (χ0n) is 12.6. The number of rotatable bonds is 5. The summed E-state index contributed by atoms with van der Waals surface area (Å²) in [6.45, 7) is 0. The van der Waals surface area contributed by atoms with E-state index >= 15 is 0 Å². The van der Waals surface area contributed by atoms with Crippen LogP contribution < -0.4 is 5.32 Å². The Hall–Kier alpha value is -1.96. The van der Waals surface area contributed by atoms with Crippen LogP contribution in [0.5, 0.6) is 0 Å². The standard InChI is InChI=1S/C15H18FNO5S/c1-23(21,22)10-4-5-11(16)12(8-10)17-13(18)9-15(14(19)20)6-2-3-7-15/h4-5,8H,2-3,6-7,9H2,1H3,(H,17,18)(H,19,20). The van der Waals surface area contributed by atoms with Gasteiger partial charge in [-0.15, -0.1) is 0 Å². The smallest absolute Gasteiger partial charge is 0.310 e. The van der Waals surface area contributed by atoms with Gasteiger partial charge in [0.15, 0.2) is 9.84 Å². The number of carboxylic acid groups (broad SMARTS) is 1. The summed E-state index contributed by atoms with van der Waals surface area (Å²) in [6, 6.07) is 3.09. The first kappa shape index (κ1) is 17.4. The summed E-state index contributed by atoms with van der Waals surface area (Å²) in [5.74, 6) is -2.45. The number of amides is 1. The molecule has 23 heavy (non-hydrogen) atoms. The van der Waals surface area contributed by atoms with E-state index in [-0.39, 0.29) is 17.0 Å². The summed E-state index contributed by atoms with van der Waals surface area (Å²) in [5, 5.41) is 11.6. The van der Waals surface area contributed by atoms with Gasteiger partial charge in [-0.25, -0.2) is 12.8 Å². The molecule has 1 fully saturated rings. The highest BCUT2D eigenvalue weighted by Crippen LogP contribution is 2.41. The van der Waals surface area contributed by atoms with Crippen LogP contribution in [0.25, 0.3) is 0 Å². The Bertz CT molecular complexity index is 738. The average Bonchev–Trinajstić information content (AvgIpc) is 2.89. The number of carbonyl (C=O) groups excluding carboxylic acids is 1. The van der Waals surface area contributed by atoms with Gasteiger partial charge in [0.25, 0.3) is 0 Å². The number of halogens is 1. The quantitative estimate of drug-likeness (QED) is 0.798. The lowest BCUT2D eigenvalue weighted by Gasteiger charge is -2.23. The fraction of sp³-hybridized carbons (Fsp3) is 0.467. The van der Waals surface area contributed by atoms with Crippen molar-refractivity contribution >= 4 is 27.4 Å². The van der Waals surface area contributed by atoms with E-state index in [1.165, 1.54) is 0 Å². The van der Waals surface area contributed by atoms with E-state index in [9.17, 15) is 27.5 Å². The zero-order chi connectivity index (χ0) is 17.3. The van der Waals surface area contributed by atoms with E-state index in [4.69, 9.17) is 0 Å². The van der Waals surface area contributed by atoms with Crippen molar-refractivity contribution in [3.05, 3.63) is 24.0 Å². The van der Waals surface area contributed by atoms with E-state index < -0.39 is 32.9 Å². The fourth-order valence-corrected chi connectivity index (χ4v) is 3.50. The van der Waals surface area contributed by atoms with E-state index in [0.29, 0.717) is 12.8 Å². The molecule has 0 atom stereocenters. The van der Waals surface area contributed by atoms with Crippen molar-refractivity contribution in [2.45, 2.75) is 37.0 Å². The number of benzene rings is 1. The number of carboxylic acids is 1. The van der Waals surface area contributed by atoms with Crippen molar-refractivity contribution < 1.29 is 27.5 Å². The Labute approximate surface area is 133 Å². The SMILES string of the molecule is CS(=O)(=O)c1ccc(F)c(NC(=O)CC2(C(=O)O)CCCC2)c1. The molecule has 0 heterocycles. The lowest BCUT2D eigenvalue weighted by atomic mass is 9.82. The number of hydrogen-bond acceptors (Lipinski definition) is 4. The average molecular weight is 343 g/mol. The molecular formula is C15H18FNO5S. The first-order valence-corrected chi connectivity index (χ1v) is 9.06. The maximum absolute atomic E-state index is 13.8. The summed E-state index contributed by atoms with van der Waals surface area (Å²) < 4.78 is 36.7. The van der Waals surface area contributed by atoms with Crippen molar-refractivity contribution in [2.75, 3.05) is 11.6 Å². The summed E-state index contributed by atoms with van der Waals surface area (Å²) in [5.41, 5.74) is -1.38. The van der Waals surface area contributed by atoms with E-state index in [1.807, 2.05) is 0 Å². The van der Waals surface area contributed by atoms with Crippen LogP contribution in [0.2, 0.25) is 0 Å². The molecule has 1 saturated carbocycles. The molecule has 1 aliphatic rings. The maximum atomic E-state index is 13.8. The molecule has 0 aliphatic heterocycles. The minimum atomic E-state index is -3.54. The molecule has 2 rings (SSSR count). The molecule has 1 aromatic rings. The molecule has 1 aromatic carbocycles. The number of sulfone groups is 1. The van der Waals surface area contributed by atoms with Gasteiger partial charge in [0.2, 0.25) is 5.91 Å². The Kier molecular flexibility index (Phi) is 4.74. The van der Waals surface area contributed by atoms with Crippen LogP contribution in [0.3, 0.4) is 0 Å². The van der Waals surface area contributed by atoms with Crippen LogP contribution in [0.15, 0.2) is 23.1 Å².